The van der Waals surface area contributed by atoms with Gasteiger partial charge < -0.3 is 5.32 Å². The van der Waals surface area contributed by atoms with Crippen LogP contribution in [0.3, 0.4) is 0 Å². The maximum absolute atomic E-state index is 12.0. The van der Waals surface area contributed by atoms with Crippen molar-refractivity contribution in [3.8, 4) is 23.7 Å². The van der Waals surface area contributed by atoms with E-state index in [0.29, 0.717) is 0 Å². The Morgan fingerprint density at radius 2 is 2.04 bits per heavy atom. The minimum Gasteiger partial charge on any atom is -0.344 e. The van der Waals surface area contributed by atoms with E-state index >= 15 is 0 Å². The number of benzene rings is 1. The van der Waals surface area contributed by atoms with E-state index in [1.165, 1.54) is 11.8 Å². The second-order valence-corrected chi connectivity index (χ2v) is 6.79. The van der Waals surface area contributed by atoms with Crippen molar-refractivity contribution in [3.63, 3.8) is 0 Å². The van der Waals surface area contributed by atoms with E-state index in [2.05, 4.69) is 39.8 Å². The van der Waals surface area contributed by atoms with Crippen molar-refractivity contribution in [1.82, 2.24) is 20.1 Å². The first-order valence-electron chi connectivity index (χ1n) is 7.96. The third kappa shape index (κ3) is 4.18. The lowest BCUT2D eigenvalue weighted by molar-refractivity contribution is -0.120. The number of amides is 1. The first kappa shape index (κ1) is 18.1. The molecule has 1 aromatic carbocycles. The number of carbonyl (C=O) groups excluding carboxylic acids is 1. The maximum atomic E-state index is 12.0. The first-order valence-corrected chi connectivity index (χ1v) is 8.84. The Morgan fingerprint density at radius 1 is 1.33 bits per heavy atom. The van der Waals surface area contributed by atoms with Gasteiger partial charge in [0.2, 0.25) is 5.91 Å². The van der Waals surface area contributed by atoms with E-state index in [0.717, 1.165) is 23.0 Å². The number of rotatable bonds is 7. The van der Waals surface area contributed by atoms with E-state index < -0.39 is 0 Å². The van der Waals surface area contributed by atoms with E-state index in [9.17, 15) is 4.79 Å². The molecule has 24 heavy (non-hydrogen) atoms. The topological polar surface area (TPSA) is 59.8 Å². The Labute approximate surface area is 147 Å². The number of hydrogen-bond acceptors (Lipinski definition) is 4. The van der Waals surface area contributed by atoms with E-state index in [4.69, 9.17) is 6.42 Å². The van der Waals surface area contributed by atoms with Gasteiger partial charge in [-0.15, -0.1) is 16.6 Å². The van der Waals surface area contributed by atoms with E-state index in [-0.39, 0.29) is 23.7 Å². The second kappa shape index (κ2) is 8.55. The highest BCUT2D eigenvalue weighted by Gasteiger charge is 2.22. The molecule has 2 atom stereocenters. The molecular weight excluding hydrogens is 320 g/mol. The molecule has 0 unspecified atom stereocenters. The SMILES string of the molecule is C#CCNC(=O)[C@@H](C)Sc1nnc(-c2ccccc2)n1[C@H](C)CC. The maximum Gasteiger partial charge on any atom is 0.234 e. The summed E-state index contributed by atoms with van der Waals surface area (Å²) < 4.78 is 2.10. The Morgan fingerprint density at radius 3 is 2.67 bits per heavy atom. The second-order valence-electron chi connectivity index (χ2n) is 5.48. The summed E-state index contributed by atoms with van der Waals surface area (Å²) in [5.74, 6) is 3.13. The van der Waals surface area contributed by atoms with Gasteiger partial charge in [-0.2, -0.15) is 0 Å². The fourth-order valence-corrected chi connectivity index (χ4v) is 3.19. The Bertz CT molecular complexity index is 720. The van der Waals surface area contributed by atoms with Gasteiger partial charge in [0.05, 0.1) is 11.8 Å². The lowest BCUT2D eigenvalue weighted by Gasteiger charge is -2.18. The number of hydrogen-bond donors (Lipinski definition) is 1. The van der Waals surface area contributed by atoms with Gasteiger partial charge in [-0.05, 0) is 20.3 Å². The molecule has 0 fully saturated rings. The van der Waals surface area contributed by atoms with Crippen LogP contribution < -0.4 is 5.32 Å². The summed E-state index contributed by atoms with van der Waals surface area (Å²) in [7, 11) is 0. The number of nitrogens with one attached hydrogen (secondary N) is 1. The third-order valence-corrected chi connectivity index (χ3v) is 4.80. The van der Waals surface area contributed by atoms with Gasteiger partial charge in [0, 0.05) is 11.6 Å². The minimum absolute atomic E-state index is 0.0992. The van der Waals surface area contributed by atoms with Crippen LogP contribution in [0.25, 0.3) is 11.4 Å². The van der Waals surface area contributed by atoms with Crippen LogP contribution in [0, 0.1) is 12.3 Å². The normalized spacial score (nSPS) is 13.1. The van der Waals surface area contributed by atoms with Crippen LogP contribution >= 0.6 is 11.8 Å². The molecule has 2 rings (SSSR count). The average Bonchev–Trinajstić information content (AvgIpc) is 3.03. The van der Waals surface area contributed by atoms with Gasteiger partial charge >= 0.3 is 0 Å². The van der Waals surface area contributed by atoms with Crippen molar-refractivity contribution < 1.29 is 4.79 Å². The molecule has 2 aromatic rings. The summed E-state index contributed by atoms with van der Waals surface area (Å²) in [5.41, 5.74) is 1.02. The van der Waals surface area contributed by atoms with Gasteiger partial charge in [-0.1, -0.05) is 54.9 Å². The van der Waals surface area contributed by atoms with Gasteiger partial charge in [-0.25, -0.2) is 0 Å². The zero-order chi connectivity index (χ0) is 17.5. The standard InChI is InChI=1S/C18H22N4OS/c1-5-12-19-17(23)14(4)24-18-21-20-16(22(18)13(3)6-2)15-10-8-7-9-11-15/h1,7-11,13-14H,6,12H2,2-4H3,(H,19,23)/t13-,14-/m1/s1. The predicted molar refractivity (Wildman–Crippen MR) is 97.6 cm³/mol. The van der Waals surface area contributed by atoms with E-state index in [1.54, 1.807) is 0 Å². The van der Waals surface area contributed by atoms with Crippen LogP contribution in [-0.4, -0.2) is 32.5 Å². The van der Waals surface area contributed by atoms with Gasteiger partial charge in [0.25, 0.3) is 0 Å². The van der Waals surface area contributed by atoms with E-state index in [1.807, 2.05) is 37.3 Å². The predicted octanol–water partition coefficient (Wildman–Crippen LogP) is 3.15. The molecule has 1 N–H and O–H groups in total. The van der Waals surface area contributed by atoms with Crippen molar-refractivity contribution in [2.45, 2.75) is 43.6 Å². The van der Waals surface area contributed by atoms with Crippen LogP contribution in [-0.2, 0) is 4.79 Å². The Kier molecular flexibility index (Phi) is 6.44. The zero-order valence-corrected chi connectivity index (χ0v) is 15.0. The van der Waals surface area contributed by atoms with Crippen LogP contribution in [0.2, 0.25) is 0 Å². The summed E-state index contributed by atoms with van der Waals surface area (Å²) in [5, 5.41) is 11.8. The van der Waals surface area contributed by atoms with Crippen molar-refractivity contribution in [2.24, 2.45) is 0 Å². The highest BCUT2D eigenvalue weighted by molar-refractivity contribution is 8.00. The fourth-order valence-electron chi connectivity index (χ4n) is 2.21. The molecule has 0 aliphatic rings. The highest BCUT2D eigenvalue weighted by atomic mass is 32.2. The van der Waals surface area contributed by atoms with Crippen LogP contribution in [0.1, 0.15) is 33.2 Å². The first-order chi connectivity index (χ1) is 11.6. The molecule has 6 heteroatoms. The summed E-state index contributed by atoms with van der Waals surface area (Å²) >= 11 is 1.40. The largest absolute Gasteiger partial charge is 0.344 e. The number of carbonyl (C=O) groups is 1. The summed E-state index contributed by atoms with van der Waals surface area (Å²) in [6, 6.07) is 10.2. The molecule has 126 valence electrons. The average molecular weight is 342 g/mol. The van der Waals surface area contributed by atoms with Crippen molar-refractivity contribution in [2.75, 3.05) is 6.54 Å². The number of nitrogens with zero attached hydrogens (tertiary/aromatic N) is 3. The Balaban J connectivity index is 2.29. The Hall–Kier alpha value is -2.26. The van der Waals surface area contributed by atoms with Gasteiger partial charge in [-0.3, -0.25) is 9.36 Å². The molecular formula is C18H22N4OS. The quantitative estimate of drug-likeness (QED) is 0.620. The molecule has 1 heterocycles. The molecule has 1 amide bonds. The molecule has 0 aliphatic carbocycles. The number of terminal acetylenes is 1. The monoisotopic (exact) mass is 342 g/mol. The lowest BCUT2D eigenvalue weighted by Crippen LogP contribution is -2.31. The summed E-state index contributed by atoms with van der Waals surface area (Å²) in [6.07, 6.45) is 6.13. The molecule has 0 saturated heterocycles. The van der Waals surface area contributed by atoms with Crippen LogP contribution in [0.4, 0.5) is 0 Å². The highest BCUT2D eigenvalue weighted by Crippen LogP contribution is 2.30. The van der Waals surface area contributed by atoms with Gasteiger partial charge in [0.15, 0.2) is 11.0 Å². The lowest BCUT2D eigenvalue weighted by atomic mass is 10.2. The van der Waals surface area contributed by atoms with Crippen molar-refractivity contribution in [1.29, 1.82) is 0 Å². The summed E-state index contributed by atoms with van der Waals surface area (Å²) in [4.78, 5) is 12.0. The molecule has 0 bridgehead atoms. The molecule has 0 spiro atoms. The molecule has 0 saturated carbocycles. The minimum atomic E-state index is -0.297. The summed E-state index contributed by atoms with van der Waals surface area (Å²) in [6.45, 7) is 6.32. The zero-order valence-electron chi connectivity index (χ0n) is 14.2. The van der Waals surface area contributed by atoms with Crippen LogP contribution in [0.5, 0.6) is 0 Å². The smallest absolute Gasteiger partial charge is 0.234 e. The molecule has 5 nitrogen and oxygen atoms in total. The van der Waals surface area contributed by atoms with Gasteiger partial charge in [0.1, 0.15) is 0 Å². The molecule has 1 aromatic heterocycles. The molecule has 0 aliphatic heterocycles. The third-order valence-electron chi connectivity index (χ3n) is 3.74. The van der Waals surface area contributed by atoms with Crippen molar-refractivity contribution in [3.05, 3.63) is 30.3 Å². The number of aromatic nitrogens is 3. The molecule has 0 radical (unpaired) electrons. The number of thioether (sulfide) groups is 1. The fraction of sp³-hybridized carbons (Fsp3) is 0.389. The van der Waals surface area contributed by atoms with Crippen LogP contribution in [0.15, 0.2) is 35.5 Å². The van der Waals surface area contributed by atoms with Crippen molar-refractivity contribution >= 4 is 17.7 Å².